The molecule has 1 aromatic carbocycles. The third kappa shape index (κ3) is 4.73. The van der Waals surface area contributed by atoms with Crippen LogP contribution in [0.5, 0.6) is 5.75 Å². The highest BCUT2D eigenvalue weighted by Gasteiger charge is 2.25. The van der Waals surface area contributed by atoms with Gasteiger partial charge >= 0.3 is 5.97 Å². The van der Waals surface area contributed by atoms with Gasteiger partial charge in [-0.05, 0) is 49.7 Å². The number of carboxylic acids is 1. The summed E-state index contributed by atoms with van der Waals surface area (Å²) in [5.41, 5.74) is 4.51. The normalized spacial score (nSPS) is 17.2. The second-order valence-corrected chi connectivity index (χ2v) is 6.72. The second kappa shape index (κ2) is 8.19. The van der Waals surface area contributed by atoms with E-state index in [4.69, 9.17) is 14.8 Å². The first kappa shape index (κ1) is 18.2. The van der Waals surface area contributed by atoms with Gasteiger partial charge in [0.2, 0.25) is 0 Å². The molecule has 6 heteroatoms. The minimum atomic E-state index is -0.969. The molecule has 1 saturated heterocycles. The topological polar surface area (TPSA) is 74.7 Å². The zero-order valence-electron chi connectivity index (χ0n) is 15.2. The van der Waals surface area contributed by atoms with Crippen molar-refractivity contribution in [3.63, 3.8) is 0 Å². The first-order chi connectivity index (χ1) is 12.5. The molecule has 3 rings (SSSR count). The van der Waals surface area contributed by atoms with E-state index in [1.54, 1.807) is 0 Å². The van der Waals surface area contributed by atoms with Crippen LogP contribution in [0.3, 0.4) is 0 Å². The Hall–Kier alpha value is -2.60. The maximum absolute atomic E-state index is 10.5. The SMILES string of the molecule is CNc1cc(C)nc(C2CCN(Cc3ccc(OCC(=O)O)cc3)C2)c1. The molecule has 1 atom stereocenters. The third-order valence-corrected chi connectivity index (χ3v) is 4.64. The number of ether oxygens (including phenoxy) is 1. The van der Waals surface area contributed by atoms with Crippen LogP contribution in [0.25, 0.3) is 0 Å². The van der Waals surface area contributed by atoms with E-state index in [1.165, 1.54) is 5.56 Å². The number of carbonyl (C=O) groups is 1. The quantitative estimate of drug-likeness (QED) is 0.795. The highest BCUT2D eigenvalue weighted by molar-refractivity contribution is 5.68. The number of likely N-dealkylation sites (tertiary alicyclic amines) is 1. The summed E-state index contributed by atoms with van der Waals surface area (Å²) in [5, 5.41) is 11.9. The van der Waals surface area contributed by atoms with Gasteiger partial charge in [0.1, 0.15) is 5.75 Å². The number of carboxylic acid groups (broad SMARTS) is 1. The number of benzene rings is 1. The first-order valence-electron chi connectivity index (χ1n) is 8.85. The Bertz CT molecular complexity index is 761. The molecule has 0 saturated carbocycles. The van der Waals surface area contributed by atoms with Crippen molar-refractivity contribution in [2.45, 2.75) is 25.8 Å². The number of anilines is 1. The number of rotatable bonds is 7. The van der Waals surface area contributed by atoms with Gasteiger partial charge in [-0.15, -0.1) is 0 Å². The van der Waals surface area contributed by atoms with Crippen molar-refractivity contribution in [3.8, 4) is 5.75 Å². The number of aryl methyl sites for hydroxylation is 1. The van der Waals surface area contributed by atoms with Crippen LogP contribution >= 0.6 is 0 Å². The van der Waals surface area contributed by atoms with Crippen LogP contribution in [-0.2, 0) is 11.3 Å². The predicted octanol–water partition coefficient (Wildman–Crippen LogP) is 2.88. The van der Waals surface area contributed by atoms with Gasteiger partial charge in [-0.1, -0.05) is 12.1 Å². The first-order valence-corrected chi connectivity index (χ1v) is 8.85. The fourth-order valence-electron chi connectivity index (χ4n) is 3.36. The number of aromatic nitrogens is 1. The van der Waals surface area contributed by atoms with Crippen molar-refractivity contribution in [2.24, 2.45) is 0 Å². The highest BCUT2D eigenvalue weighted by Crippen LogP contribution is 2.29. The van der Waals surface area contributed by atoms with Gasteiger partial charge in [0.05, 0.1) is 0 Å². The van der Waals surface area contributed by atoms with E-state index in [0.29, 0.717) is 11.7 Å². The van der Waals surface area contributed by atoms with Gasteiger partial charge < -0.3 is 15.2 Å². The highest BCUT2D eigenvalue weighted by atomic mass is 16.5. The lowest BCUT2D eigenvalue weighted by atomic mass is 10.0. The molecule has 26 heavy (non-hydrogen) atoms. The zero-order chi connectivity index (χ0) is 18.5. The molecule has 0 amide bonds. The molecule has 138 valence electrons. The minimum Gasteiger partial charge on any atom is -0.482 e. The summed E-state index contributed by atoms with van der Waals surface area (Å²) in [6.45, 7) is 4.64. The standard InChI is InChI=1S/C20H25N3O3/c1-14-9-17(21-2)10-19(22-14)16-7-8-23(12-16)11-15-3-5-18(6-4-15)26-13-20(24)25/h3-6,9-10,16H,7-8,11-13H2,1-2H3,(H,21,22)(H,24,25). The molecule has 0 radical (unpaired) electrons. The fraction of sp³-hybridized carbons (Fsp3) is 0.400. The zero-order valence-corrected chi connectivity index (χ0v) is 15.2. The van der Waals surface area contributed by atoms with Crippen LogP contribution < -0.4 is 10.1 Å². The van der Waals surface area contributed by atoms with Crippen LogP contribution in [-0.4, -0.2) is 47.7 Å². The number of nitrogens with one attached hydrogen (secondary N) is 1. The summed E-state index contributed by atoms with van der Waals surface area (Å²) in [4.78, 5) is 17.7. The Morgan fingerprint density at radius 2 is 2.12 bits per heavy atom. The maximum atomic E-state index is 10.5. The summed E-state index contributed by atoms with van der Waals surface area (Å²) in [7, 11) is 1.93. The van der Waals surface area contributed by atoms with Crippen LogP contribution in [0.4, 0.5) is 5.69 Å². The molecular formula is C20H25N3O3. The average molecular weight is 355 g/mol. The van der Waals surface area contributed by atoms with E-state index in [1.807, 2.05) is 38.2 Å². The van der Waals surface area contributed by atoms with Gasteiger partial charge in [0.25, 0.3) is 0 Å². The van der Waals surface area contributed by atoms with E-state index in [0.717, 1.165) is 43.1 Å². The van der Waals surface area contributed by atoms with Gasteiger partial charge in [-0.3, -0.25) is 9.88 Å². The number of hydrogen-bond donors (Lipinski definition) is 2. The Balaban J connectivity index is 1.57. The Labute approximate surface area is 153 Å². The summed E-state index contributed by atoms with van der Waals surface area (Å²) in [6, 6.07) is 11.9. The smallest absolute Gasteiger partial charge is 0.341 e. The lowest BCUT2D eigenvalue weighted by Gasteiger charge is -2.17. The molecule has 1 aliphatic heterocycles. The van der Waals surface area contributed by atoms with Gasteiger partial charge in [-0.25, -0.2) is 4.79 Å². The minimum absolute atomic E-state index is 0.314. The molecule has 2 heterocycles. The van der Waals surface area contributed by atoms with E-state index in [2.05, 4.69) is 22.3 Å². The maximum Gasteiger partial charge on any atom is 0.341 e. The lowest BCUT2D eigenvalue weighted by molar-refractivity contribution is -0.139. The van der Waals surface area contributed by atoms with E-state index < -0.39 is 5.97 Å². The van der Waals surface area contributed by atoms with Crippen LogP contribution in [0, 0.1) is 6.92 Å². The Kier molecular flexibility index (Phi) is 5.73. The van der Waals surface area contributed by atoms with E-state index >= 15 is 0 Å². The second-order valence-electron chi connectivity index (χ2n) is 6.72. The number of hydrogen-bond acceptors (Lipinski definition) is 5. The van der Waals surface area contributed by atoms with Crippen LogP contribution in [0.15, 0.2) is 36.4 Å². The molecule has 1 fully saturated rings. The molecule has 1 aromatic heterocycles. The molecule has 0 spiro atoms. The summed E-state index contributed by atoms with van der Waals surface area (Å²) < 4.78 is 5.17. The van der Waals surface area contributed by atoms with Crippen molar-refractivity contribution in [2.75, 3.05) is 32.1 Å². The van der Waals surface area contributed by atoms with E-state index in [-0.39, 0.29) is 6.61 Å². The third-order valence-electron chi connectivity index (χ3n) is 4.64. The molecule has 1 aliphatic rings. The molecule has 6 nitrogen and oxygen atoms in total. The van der Waals surface area contributed by atoms with Crippen LogP contribution in [0.1, 0.15) is 29.3 Å². The molecule has 0 bridgehead atoms. The molecule has 2 N–H and O–H groups in total. The molecule has 2 aromatic rings. The molecule has 0 aliphatic carbocycles. The largest absolute Gasteiger partial charge is 0.482 e. The fourth-order valence-corrected chi connectivity index (χ4v) is 3.36. The number of nitrogens with zero attached hydrogens (tertiary/aromatic N) is 2. The molecule has 1 unspecified atom stereocenters. The predicted molar refractivity (Wildman–Crippen MR) is 101 cm³/mol. The van der Waals surface area contributed by atoms with Gasteiger partial charge in [-0.2, -0.15) is 0 Å². The Morgan fingerprint density at radius 1 is 1.35 bits per heavy atom. The van der Waals surface area contributed by atoms with Gasteiger partial charge in [0.15, 0.2) is 6.61 Å². The Morgan fingerprint density at radius 3 is 2.81 bits per heavy atom. The average Bonchev–Trinajstić information content (AvgIpc) is 3.09. The summed E-state index contributed by atoms with van der Waals surface area (Å²) in [6.07, 6.45) is 1.11. The van der Waals surface area contributed by atoms with Gasteiger partial charge in [0, 0.05) is 43.1 Å². The van der Waals surface area contributed by atoms with Crippen LogP contribution in [0.2, 0.25) is 0 Å². The van der Waals surface area contributed by atoms with Crippen molar-refractivity contribution in [3.05, 3.63) is 53.3 Å². The van der Waals surface area contributed by atoms with Crippen molar-refractivity contribution in [1.82, 2.24) is 9.88 Å². The van der Waals surface area contributed by atoms with E-state index in [9.17, 15) is 4.79 Å². The molecular weight excluding hydrogens is 330 g/mol. The monoisotopic (exact) mass is 355 g/mol. The van der Waals surface area contributed by atoms with Crippen molar-refractivity contribution >= 4 is 11.7 Å². The number of pyridine rings is 1. The summed E-state index contributed by atoms with van der Waals surface area (Å²) in [5.74, 6) is 0.0718. The van der Waals surface area contributed by atoms with Crippen molar-refractivity contribution < 1.29 is 14.6 Å². The van der Waals surface area contributed by atoms with Crippen molar-refractivity contribution in [1.29, 1.82) is 0 Å². The summed E-state index contributed by atoms with van der Waals surface area (Å²) >= 11 is 0. The number of aliphatic carboxylic acids is 1. The lowest BCUT2D eigenvalue weighted by Crippen LogP contribution is -2.20.